The Bertz CT molecular complexity index is 901. The fourth-order valence-corrected chi connectivity index (χ4v) is 2.98. The van der Waals surface area contributed by atoms with E-state index in [1.54, 1.807) is 0 Å². The monoisotopic (exact) mass is 353 g/mol. The van der Waals surface area contributed by atoms with Crippen LogP contribution in [0.4, 0.5) is 0 Å². The van der Waals surface area contributed by atoms with Crippen LogP contribution in [-0.4, -0.2) is 20.3 Å². The summed E-state index contributed by atoms with van der Waals surface area (Å²) in [5.74, 6) is 2.29. The van der Waals surface area contributed by atoms with Crippen LogP contribution in [0.2, 0.25) is 0 Å². The first kappa shape index (κ1) is 16.9. The molecule has 0 unspecified atom stereocenters. The predicted molar refractivity (Wildman–Crippen MR) is 95.9 cm³/mol. The van der Waals surface area contributed by atoms with Crippen LogP contribution in [-0.2, 0) is 12.0 Å². The van der Waals surface area contributed by atoms with Gasteiger partial charge in [-0.3, -0.25) is 0 Å². The molecule has 0 spiro atoms. The maximum absolute atomic E-state index is 6.25. The van der Waals surface area contributed by atoms with Crippen molar-refractivity contribution in [2.45, 2.75) is 52.0 Å². The Morgan fingerprint density at radius 2 is 1.69 bits per heavy atom. The maximum atomic E-state index is 6.25. The molecule has 4 rings (SSSR count). The number of nitrogens with zero attached hydrogens (tertiary/aromatic N) is 4. The minimum absolute atomic E-state index is 0.101. The van der Waals surface area contributed by atoms with Crippen molar-refractivity contribution in [1.29, 1.82) is 0 Å². The SMILES string of the molecule is CC(C)(C)Cc1nc(-c2ccc(-c3nc(C4(N)CCC4)no3)cc2)no1. The van der Waals surface area contributed by atoms with Crippen LogP contribution in [0.15, 0.2) is 33.3 Å². The molecule has 0 bridgehead atoms. The molecule has 26 heavy (non-hydrogen) atoms. The zero-order valence-corrected chi connectivity index (χ0v) is 15.3. The summed E-state index contributed by atoms with van der Waals surface area (Å²) in [6.07, 6.45) is 3.65. The first-order valence-electron chi connectivity index (χ1n) is 8.89. The lowest BCUT2D eigenvalue weighted by molar-refractivity contribution is 0.229. The molecule has 2 aromatic heterocycles. The van der Waals surface area contributed by atoms with Gasteiger partial charge in [-0.1, -0.05) is 43.2 Å². The molecule has 0 atom stereocenters. The molecule has 2 heterocycles. The highest BCUT2D eigenvalue weighted by atomic mass is 16.5. The van der Waals surface area contributed by atoms with E-state index >= 15 is 0 Å². The molecule has 3 aromatic rings. The molecular formula is C19H23N5O2. The van der Waals surface area contributed by atoms with E-state index in [4.69, 9.17) is 14.8 Å². The summed E-state index contributed by atoms with van der Waals surface area (Å²) in [6, 6.07) is 7.67. The molecule has 1 aliphatic rings. The second-order valence-corrected chi connectivity index (χ2v) is 8.26. The Kier molecular flexibility index (Phi) is 3.91. The summed E-state index contributed by atoms with van der Waals surface area (Å²) in [6.45, 7) is 6.41. The highest BCUT2D eigenvalue weighted by Crippen LogP contribution is 2.37. The smallest absolute Gasteiger partial charge is 0.257 e. The van der Waals surface area contributed by atoms with Crippen molar-refractivity contribution in [3.05, 3.63) is 36.0 Å². The topological polar surface area (TPSA) is 104 Å². The lowest BCUT2D eigenvalue weighted by atomic mass is 9.77. The van der Waals surface area contributed by atoms with Crippen LogP contribution in [0.3, 0.4) is 0 Å². The van der Waals surface area contributed by atoms with Crippen molar-refractivity contribution in [1.82, 2.24) is 20.3 Å². The molecule has 1 saturated carbocycles. The van der Waals surface area contributed by atoms with Gasteiger partial charge >= 0.3 is 0 Å². The fraction of sp³-hybridized carbons (Fsp3) is 0.474. The summed E-state index contributed by atoms with van der Waals surface area (Å²) in [4.78, 5) is 8.95. The van der Waals surface area contributed by atoms with Gasteiger partial charge in [0.15, 0.2) is 5.82 Å². The van der Waals surface area contributed by atoms with Gasteiger partial charge in [-0.15, -0.1) is 0 Å². The third-order valence-electron chi connectivity index (χ3n) is 4.66. The normalized spacial score (nSPS) is 16.5. The van der Waals surface area contributed by atoms with Crippen LogP contribution in [0, 0.1) is 5.41 Å². The Morgan fingerprint density at radius 3 is 2.31 bits per heavy atom. The Morgan fingerprint density at radius 1 is 1.00 bits per heavy atom. The zero-order chi connectivity index (χ0) is 18.4. The summed E-state index contributed by atoms with van der Waals surface area (Å²) in [7, 11) is 0. The maximum Gasteiger partial charge on any atom is 0.257 e. The minimum atomic E-state index is -0.421. The molecule has 0 aliphatic heterocycles. The number of rotatable bonds is 4. The van der Waals surface area contributed by atoms with Crippen molar-refractivity contribution >= 4 is 0 Å². The summed E-state index contributed by atoms with van der Waals surface area (Å²) >= 11 is 0. The highest BCUT2D eigenvalue weighted by molar-refractivity contribution is 5.62. The van der Waals surface area contributed by atoms with Gasteiger partial charge < -0.3 is 14.8 Å². The number of benzene rings is 1. The summed E-state index contributed by atoms with van der Waals surface area (Å²) in [5, 5.41) is 8.13. The number of aromatic nitrogens is 4. The van der Waals surface area contributed by atoms with Crippen molar-refractivity contribution in [2.24, 2.45) is 11.1 Å². The molecule has 7 heteroatoms. The van der Waals surface area contributed by atoms with Gasteiger partial charge in [-0.25, -0.2) is 0 Å². The van der Waals surface area contributed by atoms with E-state index in [9.17, 15) is 0 Å². The van der Waals surface area contributed by atoms with E-state index in [1.807, 2.05) is 24.3 Å². The Labute approximate surface area is 152 Å². The van der Waals surface area contributed by atoms with Gasteiger partial charge in [0.2, 0.25) is 11.7 Å². The molecule has 0 radical (unpaired) electrons. The largest absolute Gasteiger partial charge is 0.339 e. The number of hydrogen-bond donors (Lipinski definition) is 1. The van der Waals surface area contributed by atoms with Crippen molar-refractivity contribution < 1.29 is 9.05 Å². The molecule has 136 valence electrons. The van der Waals surface area contributed by atoms with Gasteiger partial charge in [-0.05, 0) is 36.8 Å². The molecular weight excluding hydrogens is 330 g/mol. The van der Waals surface area contributed by atoms with E-state index in [1.165, 1.54) is 0 Å². The molecule has 0 amide bonds. The lowest BCUT2D eigenvalue weighted by Crippen LogP contribution is -2.44. The van der Waals surface area contributed by atoms with Gasteiger partial charge in [0.25, 0.3) is 5.89 Å². The average molecular weight is 353 g/mol. The lowest BCUT2D eigenvalue weighted by Gasteiger charge is -2.34. The van der Waals surface area contributed by atoms with Crippen LogP contribution in [0.1, 0.15) is 51.7 Å². The highest BCUT2D eigenvalue weighted by Gasteiger charge is 2.39. The minimum Gasteiger partial charge on any atom is -0.339 e. The van der Waals surface area contributed by atoms with Gasteiger partial charge in [0.1, 0.15) is 0 Å². The second kappa shape index (κ2) is 6.02. The molecule has 1 fully saturated rings. The predicted octanol–water partition coefficient (Wildman–Crippen LogP) is 3.71. The summed E-state index contributed by atoms with van der Waals surface area (Å²) in [5.41, 5.74) is 7.65. The van der Waals surface area contributed by atoms with E-state index in [0.29, 0.717) is 23.4 Å². The van der Waals surface area contributed by atoms with Crippen molar-refractivity contribution in [3.63, 3.8) is 0 Å². The molecule has 1 aromatic carbocycles. The van der Waals surface area contributed by atoms with E-state index in [2.05, 4.69) is 41.1 Å². The van der Waals surface area contributed by atoms with Gasteiger partial charge in [0, 0.05) is 17.5 Å². The van der Waals surface area contributed by atoms with Gasteiger partial charge in [-0.2, -0.15) is 9.97 Å². The quantitative estimate of drug-likeness (QED) is 0.762. The zero-order valence-electron chi connectivity index (χ0n) is 15.3. The first-order chi connectivity index (χ1) is 12.3. The molecule has 0 saturated heterocycles. The first-order valence-corrected chi connectivity index (χ1v) is 8.89. The van der Waals surface area contributed by atoms with Crippen LogP contribution >= 0.6 is 0 Å². The Balaban J connectivity index is 1.52. The van der Waals surface area contributed by atoms with Crippen molar-refractivity contribution in [3.8, 4) is 22.8 Å². The standard InChI is InChI=1S/C19H23N5O2/c1-18(2,3)11-14-21-15(23-25-14)12-5-7-13(8-6-12)16-22-17(24-26-16)19(20)9-4-10-19/h5-8H,4,9-11,20H2,1-3H3. The second-order valence-electron chi connectivity index (χ2n) is 8.26. The van der Waals surface area contributed by atoms with E-state index in [0.717, 1.165) is 36.8 Å². The third-order valence-corrected chi connectivity index (χ3v) is 4.66. The van der Waals surface area contributed by atoms with Crippen LogP contribution < -0.4 is 5.73 Å². The molecule has 1 aliphatic carbocycles. The summed E-state index contributed by atoms with van der Waals surface area (Å²) < 4.78 is 10.7. The number of nitrogens with two attached hydrogens (primary N) is 1. The fourth-order valence-electron chi connectivity index (χ4n) is 2.98. The van der Waals surface area contributed by atoms with Crippen LogP contribution in [0.5, 0.6) is 0 Å². The van der Waals surface area contributed by atoms with Gasteiger partial charge in [0.05, 0.1) is 5.54 Å². The van der Waals surface area contributed by atoms with E-state index < -0.39 is 5.54 Å². The molecule has 2 N–H and O–H groups in total. The average Bonchev–Trinajstić information content (AvgIpc) is 3.21. The molecule has 7 nitrogen and oxygen atoms in total. The van der Waals surface area contributed by atoms with E-state index in [-0.39, 0.29) is 5.41 Å². The number of hydrogen-bond acceptors (Lipinski definition) is 7. The van der Waals surface area contributed by atoms with Crippen LogP contribution in [0.25, 0.3) is 22.8 Å². The van der Waals surface area contributed by atoms with Crippen molar-refractivity contribution in [2.75, 3.05) is 0 Å². The third kappa shape index (κ3) is 3.26. The Hall–Kier alpha value is -2.54.